The zero-order valence-electron chi connectivity index (χ0n) is 13.2. The van der Waals surface area contributed by atoms with Crippen LogP contribution in [0.3, 0.4) is 0 Å². The van der Waals surface area contributed by atoms with Gasteiger partial charge in [0.15, 0.2) is 0 Å². The van der Waals surface area contributed by atoms with Crippen LogP contribution in [0, 0.1) is 17.3 Å². The number of ether oxygens (including phenoxy) is 1. The van der Waals surface area contributed by atoms with E-state index in [1.54, 1.807) is 6.92 Å². The van der Waals surface area contributed by atoms with Crippen LogP contribution >= 0.6 is 0 Å². The minimum absolute atomic E-state index is 0.111. The highest BCUT2D eigenvalue weighted by Gasteiger charge is 2.47. The van der Waals surface area contributed by atoms with Crippen LogP contribution in [0.25, 0.3) is 0 Å². The maximum atomic E-state index is 12.0. The summed E-state index contributed by atoms with van der Waals surface area (Å²) in [6.07, 6.45) is 2.08. The second kappa shape index (κ2) is 7.75. The maximum absolute atomic E-state index is 12.0. The molecule has 0 spiro atoms. The Hall–Kier alpha value is -1.14. The zero-order valence-corrected chi connectivity index (χ0v) is 13.2. The fourth-order valence-corrected chi connectivity index (χ4v) is 2.69. The van der Waals surface area contributed by atoms with Gasteiger partial charge in [0.2, 0.25) is 5.91 Å². The number of carboxylic acid groups (broad SMARTS) is 1. The van der Waals surface area contributed by atoms with E-state index in [2.05, 4.69) is 19.2 Å². The van der Waals surface area contributed by atoms with Crippen LogP contribution in [0.2, 0.25) is 0 Å². The summed E-state index contributed by atoms with van der Waals surface area (Å²) in [4.78, 5) is 23.4. The van der Waals surface area contributed by atoms with Crippen LogP contribution in [0.5, 0.6) is 0 Å². The van der Waals surface area contributed by atoms with Crippen LogP contribution in [0.15, 0.2) is 0 Å². The Labute approximate surface area is 126 Å². The van der Waals surface area contributed by atoms with Crippen LogP contribution < -0.4 is 11.1 Å². The lowest BCUT2D eigenvalue weighted by Crippen LogP contribution is -2.49. The van der Waals surface area contributed by atoms with Crippen molar-refractivity contribution < 1.29 is 19.4 Å². The quantitative estimate of drug-likeness (QED) is 0.620. The van der Waals surface area contributed by atoms with Gasteiger partial charge in [-0.1, -0.05) is 13.8 Å². The Morgan fingerprint density at radius 3 is 2.62 bits per heavy atom. The van der Waals surface area contributed by atoms with Crippen LogP contribution in [0.1, 0.15) is 40.0 Å². The second-order valence-electron chi connectivity index (χ2n) is 6.48. The summed E-state index contributed by atoms with van der Waals surface area (Å²) in [6.45, 7) is 6.88. The number of rotatable bonds is 8. The topological polar surface area (TPSA) is 102 Å². The van der Waals surface area contributed by atoms with Crippen molar-refractivity contribution in [1.82, 2.24) is 5.32 Å². The van der Waals surface area contributed by atoms with Crippen LogP contribution in [-0.4, -0.2) is 42.8 Å². The molecule has 0 aliphatic carbocycles. The number of hydrogen-bond donors (Lipinski definition) is 3. The van der Waals surface area contributed by atoms with Crippen molar-refractivity contribution in [2.75, 3.05) is 19.8 Å². The standard InChI is InChI=1S/C15H28N2O4/c1-10(2)11(6-7-16)4-5-13(18)17-12-8-21-9-15(12,3)14(19)20/h10-12H,4-9,16H2,1-3H3,(H,17,18)(H,19,20). The molecule has 1 rings (SSSR count). The number of amides is 1. The fraction of sp³-hybridized carbons (Fsp3) is 0.867. The van der Waals surface area contributed by atoms with Crippen molar-refractivity contribution in [3.8, 4) is 0 Å². The first-order valence-corrected chi connectivity index (χ1v) is 7.61. The number of nitrogens with two attached hydrogens (primary N) is 1. The number of aliphatic carboxylic acids is 1. The molecule has 3 atom stereocenters. The summed E-state index contributed by atoms with van der Waals surface area (Å²) in [5, 5.41) is 12.1. The van der Waals surface area contributed by atoms with Crippen molar-refractivity contribution in [3.63, 3.8) is 0 Å². The van der Waals surface area contributed by atoms with Crippen molar-refractivity contribution >= 4 is 11.9 Å². The highest BCUT2D eigenvalue weighted by Crippen LogP contribution is 2.29. The van der Waals surface area contributed by atoms with Gasteiger partial charge in [-0.2, -0.15) is 0 Å². The highest BCUT2D eigenvalue weighted by atomic mass is 16.5. The third-order valence-electron chi connectivity index (χ3n) is 4.50. The lowest BCUT2D eigenvalue weighted by molar-refractivity contribution is -0.149. The molecule has 1 heterocycles. The third-order valence-corrected chi connectivity index (χ3v) is 4.50. The molecule has 0 saturated carbocycles. The molecule has 1 aliphatic heterocycles. The summed E-state index contributed by atoms with van der Waals surface area (Å²) >= 11 is 0. The monoisotopic (exact) mass is 300 g/mol. The minimum Gasteiger partial charge on any atom is -0.481 e. The molecule has 6 nitrogen and oxygen atoms in total. The number of carbonyl (C=O) groups excluding carboxylic acids is 1. The normalized spacial score (nSPS) is 26.8. The fourth-order valence-electron chi connectivity index (χ4n) is 2.69. The lowest BCUT2D eigenvalue weighted by atomic mass is 9.85. The molecule has 21 heavy (non-hydrogen) atoms. The average Bonchev–Trinajstić information content (AvgIpc) is 2.77. The van der Waals surface area contributed by atoms with Gasteiger partial charge in [0.05, 0.1) is 19.3 Å². The Morgan fingerprint density at radius 1 is 1.43 bits per heavy atom. The molecule has 4 N–H and O–H groups in total. The molecule has 1 aliphatic rings. The van der Waals surface area contributed by atoms with E-state index in [0.29, 0.717) is 24.8 Å². The molecule has 3 unspecified atom stereocenters. The van der Waals surface area contributed by atoms with Gasteiger partial charge in [-0.25, -0.2) is 0 Å². The number of carbonyl (C=O) groups is 2. The average molecular weight is 300 g/mol. The van der Waals surface area contributed by atoms with Gasteiger partial charge in [-0.15, -0.1) is 0 Å². The molecular weight excluding hydrogens is 272 g/mol. The van der Waals surface area contributed by atoms with Crippen molar-refractivity contribution in [2.45, 2.75) is 46.1 Å². The lowest BCUT2D eigenvalue weighted by Gasteiger charge is -2.26. The van der Waals surface area contributed by atoms with E-state index in [1.165, 1.54) is 0 Å². The molecule has 0 aromatic rings. The minimum atomic E-state index is -1.04. The molecule has 1 amide bonds. The Kier molecular flexibility index (Phi) is 6.61. The van der Waals surface area contributed by atoms with E-state index in [0.717, 1.165) is 12.8 Å². The first kappa shape index (κ1) is 17.9. The summed E-state index contributed by atoms with van der Waals surface area (Å²) in [7, 11) is 0. The maximum Gasteiger partial charge on any atom is 0.313 e. The summed E-state index contributed by atoms with van der Waals surface area (Å²) in [6, 6.07) is -0.463. The predicted octanol–water partition coefficient (Wildman–Crippen LogP) is 0.994. The van der Waals surface area contributed by atoms with Gasteiger partial charge in [0, 0.05) is 6.42 Å². The SMILES string of the molecule is CC(C)C(CCN)CCC(=O)NC1COCC1(C)C(=O)O. The van der Waals surface area contributed by atoms with Gasteiger partial charge < -0.3 is 20.9 Å². The van der Waals surface area contributed by atoms with Gasteiger partial charge in [-0.3, -0.25) is 9.59 Å². The molecule has 0 aromatic heterocycles. The molecule has 1 saturated heterocycles. The Morgan fingerprint density at radius 2 is 2.10 bits per heavy atom. The van der Waals surface area contributed by atoms with Gasteiger partial charge in [0.1, 0.15) is 5.41 Å². The van der Waals surface area contributed by atoms with Gasteiger partial charge in [0.25, 0.3) is 0 Å². The first-order chi connectivity index (χ1) is 9.81. The molecular formula is C15H28N2O4. The van der Waals surface area contributed by atoms with Crippen LogP contribution in [0.4, 0.5) is 0 Å². The summed E-state index contributed by atoms with van der Waals surface area (Å²) in [5.74, 6) is -0.138. The number of carboxylic acids is 1. The first-order valence-electron chi connectivity index (χ1n) is 7.61. The van der Waals surface area contributed by atoms with E-state index in [-0.39, 0.29) is 19.1 Å². The molecule has 1 fully saturated rings. The van der Waals surface area contributed by atoms with Gasteiger partial charge >= 0.3 is 5.97 Å². The molecule has 6 heteroatoms. The Balaban J connectivity index is 2.48. The van der Waals surface area contributed by atoms with Crippen molar-refractivity contribution in [1.29, 1.82) is 0 Å². The van der Waals surface area contributed by atoms with E-state index in [4.69, 9.17) is 10.5 Å². The highest BCUT2D eigenvalue weighted by molar-refractivity contribution is 5.80. The zero-order chi connectivity index (χ0) is 16.0. The molecule has 0 radical (unpaired) electrons. The van der Waals surface area contributed by atoms with E-state index < -0.39 is 17.4 Å². The van der Waals surface area contributed by atoms with E-state index in [9.17, 15) is 14.7 Å². The number of hydrogen-bond acceptors (Lipinski definition) is 4. The predicted molar refractivity (Wildman–Crippen MR) is 79.7 cm³/mol. The Bertz CT molecular complexity index is 373. The summed E-state index contributed by atoms with van der Waals surface area (Å²) in [5.41, 5.74) is 4.55. The largest absolute Gasteiger partial charge is 0.481 e. The smallest absolute Gasteiger partial charge is 0.313 e. The van der Waals surface area contributed by atoms with Crippen LogP contribution in [-0.2, 0) is 14.3 Å². The molecule has 122 valence electrons. The van der Waals surface area contributed by atoms with Crippen molar-refractivity contribution in [3.05, 3.63) is 0 Å². The number of nitrogens with one attached hydrogen (secondary N) is 1. The third kappa shape index (κ3) is 4.68. The van der Waals surface area contributed by atoms with Gasteiger partial charge in [-0.05, 0) is 38.1 Å². The van der Waals surface area contributed by atoms with E-state index >= 15 is 0 Å². The van der Waals surface area contributed by atoms with E-state index in [1.807, 2.05) is 0 Å². The summed E-state index contributed by atoms with van der Waals surface area (Å²) < 4.78 is 5.23. The second-order valence-corrected chi connectivity index (χ2v) is 6.48. The van der Waals surface area contributed by atoms with Crippen molar-refractivity contribution in [2.24, 2.45) is 23.0 Å². The molecule has 0 aromatic carbocycles. The molecule has 0 bridgehead atoms.